The van der Waals surface area contributed by atoms with Crippen molar-refractivity contribution in [3.8, 4) is 0 Å². The number of nitrogens with zero attached hydrogens (tertiary/aromatic N) is 1. The van der Waals surface area contributed by atoms with Crippen LogP contribution in [-0.4, -0.2) is 30.1 Å². The van der Waals surface area contributed by atoms with E-state index < -0.39 is 44.3 Å². The molecule has 0 amide bonds. The zero-order valence-electron chi connectivity index (χ0n) is 24.2. The molecule has 3 aromatic rings. The zero-order chi connectivity index (χ0) is 31.4. The lowest BCUT2D eigenvalue weighted by atomic mass is 9.80. The molecule has 2 N–H and O–H groups in total. The van der Waals surface area contributed by atoms with Gasteiger partial charge in [-0.05, 0) is 67.5 Å². The number of carbonyl (C=O) groups is 1. The molecule has 2 atom stereocenters. The molecule has 0 aliphatic carbocycles. The normalized spacial score (nSPS) is 18.3. The van der Waals surface area contributed by atoms with Crippen LogP contribution in [0.15, 0.2) is 83.2 Å². The van der Waals surface area contributed by atoms with E-state index in [0.717, 1.165) is 25.0 Å². The van der Waals surface area contributed by atoms with E-state index in [0.29, 0.717) is 37.4 Å². The number of aliphatic hydroxyl groups excluding tert-OH is 1. The number of nitrogens with one attached hydrogen (secondary N) is 1. The Balaban J connectivity index is 1.58. The van der Waals surface area contributed by atoms with E-state index in [2.05, 4.69) is 9.71 Å². The van der Waals surface area contributed by atoms with Crippen molar-refractivity contribution < 1.29 is 36.2 Å². The maximum Gasteiger partial charge on any atom is 0.418 e. The van der Waals surface area contributed by atoms with Crippen LogP contribution in [0.25, 0.3) is 0 Å². The summed E-state index contributed by atoms with van der Waals surface area (Å²) in [6.45, 7) is 5.00. The molecule has 0 bridgehead atoms. The van der Waals surface area contributed by atoms with Crippen molar-refractivity contribution in [1.82, 2.24) is 4.98 Å². The van der Waals surface area contributed by atoms with Crippen LogP contribution >= 0.6 is 0 Å². The Morgan fingerprint density at radius 1 is 1.07 bits per heavy atom. The lowest BCUT2D eigenvalue weighted by Crippen LogP contribution is -2.41. The number of benzene rings is 2. The van der Waals surface area contributed by atoms with Crippen LogP contribution in [0.1, 0.15) is 74.1 Å². The highest BCUT2D eigenvalue weighted by Gasteiger charge is 2.43. The second-order valence-electron chi connectivity index (χ2n) is 10.9. The summed E-state index contributed by atoms with van der Waals surface area (Å²) in [7, 11) is -4.33. The number of carbonyl (C=O) groups excluding carboxylic acids is 1. The number of rotatable bonds is 11. The Hall–Kier alpha value is -3.86. The summed E-state index contributed by atoms with van der Waals surface area (Å²) in [4.78, 5) is 17.0. The van der Waals surface area contributed by atoms with Gasteiger partial charge in [0.2, 0.25) is 0 Å². The van der Waals surface area contributed by atoms with Crippen molar-refractivity contribution in [3.05, 3.63) is 100 Å². The topological polar surface area (TPSA) is 106 Å². The number of halogens is 3. The Morgan fingerprint density at radius 2 is 1.79 bits per heavy atom. The first kappa shape index (κ1) is 32.1. The van der Waals surface area contributed by atoms with Gasteiger partial charge in [-0.1, -0.05) is 62.7 Å². The second-order valence-corrected chi connectivity index (χ2v) is 12.5. The minimum absolute atomic E-state index is 0.0416. The van der Waals surface area contributed by atoms with E-state index in [1.807, 2.05) is 44.2 Å². The fourth-order valence-electron chi connectivity index (χ4n) is 5.63. The van der Waals surface area contributed by atoms with Crippen molar-refractivity contribution in [1.29, 1.82) is 0 Å². The molecule has 4 rings (SSSR count). The summed E-state index contributed by atoms with van der Waals surface area (Å²) < 4.78 is 73.8. The van der Waals surface area contributed by atoms with Crippen molar-refractivity contribution in [3.63, 3.8) is 0 Å². The number of aryl methyl sites for hydroxylation is 2. The summed E-state index contributed by atoms with van der Waals surface area (Å²) in [5, 5.41) is 10.7. The number of sulfonamides is 1. The molecule has 0 spiro atoms. The number of hydrogen-bond acceptors (Lipinski definition) is 6. The molecule has 2 aromatic carbocycles. The highest BCUT2D eigenvalue weighted by molar-refractivity contribution is 7.92. The molecule has 0 radical (unpaired) electrons. The van der Waals surface area contributed by atoms with E-state index in [1.54, 1.807) is 12.1 Å². The average molecular weight is 617 g/mol. The molecule has 1 aliphatic heterocycles. The third-order valence-corrected chi connectivity index (χ3v) is 8.99. The van der Waals surface area contributed by atoms with Crippen LogP contribution in [0, 0.1) is 6.92 Å². The lowest BCUT2D eigenvalue weighted by molar-refractivity contribution is -0.161. The minimum atomic E-state index is -4.66. The van der Waals surface area contributed by atoms with E-state index >= 15 is 0 Å². The van der Waals surface area contributed by atoms with Gasteiger partial charge in [-0.3, -0.25) is 4.72 Å². The van der Waals surface area contributed by atoms with Gasteiger partial charge in [-0.15, -0.1) is 0 Å². The van der Waals surface area contributed by atoms with E-state index in [1.165, 1.54) is 12.1 Å². The van der Waals surface area contributed by atoms with Crippen LogP contribution < -0.4 is 4.72 Å². The van der Waals surface area contributed by atoms with Crippen LogP contribution in [0.5, 0.6) is 0 Å². The van der Waals surface area contributed by atoms with Crippen LogP contribution in [0.2, 0.25) is 0 Å². The van der Waals surface area contributed by atoms with Crippen LogP contribution in [-0.2, 0) is 32.2 Å². The third-order valence-electron chi connectivity index (χ3n) is 7.71. The largest absolute Gasteiger partial charge is 0.512 e. The Labute approximate surface area is 249 Å². The second kappa shape index (κ2) is 12.8. The predicted octanol–water partition coefficient (Wildman–Crippen LogP) is 7.63. The molecule has 0 saturated carbocycles. The molecular formula is C32H35F3N2O5S. The van der Waals surface area contributed by atoms with Gasteiger partial charge in [0.1, 0.15) is 11.4 Å². The number of aromatic nitrogens is 1. The lowest BCUT2D eigenvalue weighted by Gasteiger charge is -2.38. The summed E-state index contributed by atoms with van der Waals surface area (Å²) in [5.74, 6) is -1.23. The first-order chi connectivity index (χ1) is 20.3. The molecule has 230 valence electrons. The molecule has 0 saturated heterocycles. The number of aliphatic hydroxyl groups is 1. The third kappa shape index (κ3) is 7.38. The van der Waals surface area contributed by atoms with Crippen molar-refractivity contribution >= 4 is 21.7 Å². The van der Waals surface area contributed by atoms with E-state index in [-0.39, 0.29) is 29.0 Å². The Morgan fingerprint density at radius 3 is 2.40 bits per heavy atom. The van der Waals surface area contributed by atoms with Gasteiger partial charge in [0.25, 0.3) is 10.0 Å². The highest BCUT2D eigenvalue weighted by Crippen LogP contribution is 2.42. The molecule has 43 heavy (non-hydrogen) atoms. The standard InChI is InChI=1S/C32H35F3N2O5S/c1-4-15-31(16-14-22-10-7-6-8-11-22)19-27(38)29(30(39)42-31)25(5-2)23-12-9-13-24(18-23)37-43(40,41)28-17-21(3)26(20-36-28)32(33,34)35/h6-13,17-18,20,25,37-38H,4-5,14-16,19H2,1-3H3/t25-,31-/m1/s1. The van der Waals surface area contributed by atoms with Gasteiger partial charge in [0.15, 0.2) is 5.03 Å². The molecule has 7 nitrogen and oxygen atoms in total. The monoisotopic (exact) mass is 616 g/mol. The quantitative estimate of drug-likeness (QED) is 0.215. The van der Waals surface area contributed by atoms with Gasteiger partial charge < -0.3 is 9.84 Å². The molecule has 1 aromatic heterocycles. The Bertz CT molecular complexity index is 1610. The molecule has 1 aliphatic rings. The SMILES string of the molecule is CCC[C@@]1(CCc2ccccc2)CC(O)=C([C@H](CC)c2cccc(NS(=O)(=O)c3cc(C)c(C(F)(F)F)cn3)c2)C(=O)O1. The van der Waals surface area contributed by atoms with Crippen molar-refractivity contribution in [2.45, 2.75) is 82.0 Å². The number of hydrogen-bond donors (Lipinski definition) is 2. The van der Waals surface area contributed by atoms with Gasteiger partial charge in [-0.2, -0.15) is 21.6 Å². The number of alkyl halides is 3. The van der Waals surface area contributed by atoms with Crippen LogP contribution in [0.4, 0.5) is 18.9 Å². The summed E-state index contributed by atoms with van der Waals surface area (Å²) in [6, 6.07) is 17.0. The fourth-order valence-corrected chi connectivity index (χ4v) is 6.70. The number of pyridine rings is 1. The van der Waals surface area contributed by atoms with E-state index in [4.69, 9.17) is 4.74 Å². The van der Waals surface area contributed by atoms with Crippen molar-refractivity contribution in [2.24, 2.45) is 0 Å². The predicted molar refractivity (Wildman–Crippen MR) is 157 cm³/mol. The summed E-state index contributed by atoms with van der Waals surface area (Å²) in [6.07, 6.45) is -0.981. The first-order valence-corrected chi connectivity index (χ1v) is 15.6. The average Bonchev–Trinajstić information content (AvgIpc) is 2.94. The van der Waals surface area contributed by atoms with Gasteiger partial charge in [0, 0.05) is 24.2 Å². The minimum Gasteiger partial charge on any atom is -0.512 e. The molecule has 11 heteroatoms. The van der Waals surface area contributed by atoms with Gasteiger partial charge in [0.05, 0.1) is 11.1 Å². The number of esters is 1. The number of ether oxygens (including phenoxy) is 1. The number of cyclic esters (lactones) is 1. The smallest absolute Gasteiger partial charge is 0.418 e. The molecule has 0 unspecified atom stereocenters. The van der Waals surface area contributed by atoms with E-state index in [9.17, 15) is 31.5 Å². The van der Waals surface area contributed by atoms with Gasteiger partial charge >= 0.3 is 12.1 Å². The van der Waals surface area contributed by atoms with Crippen molar-refractivity contribution in [2.75, 3.05) is 4.72 Å². The molecule has 2 heterocycles. The van der Waals surface area contributed by atoms with Crippen LogP contribution in [0.3, 0.4) is 0 Å². The fraction of sp³-hybridized carbons (Fsp3) is 0.375. The molecular weight excluding hydrogens is 581 g/mol. The van der Waals surface area contributed by atoms with Gasteiger partial charge in [-0.25, -0.2) is 9.78 Å². The molecule has 0 fully saturated rings. The number of anilines is 1. The summed E-state index contributed by atoms with van der Waals surface area (Å²) >= 11 is 0. The Kier molecular flexibility index (Phi) is 9.54. The zero-order valence-corrected chi connectivity index (χ0v) is 25.1. The first-order valence-electron chi connectivity index (χ1n) is 14.1. The maximum atomic E-state index is 13.5. The maximum absolute atomic E-state index is 13.5. The highest BCUT2D eigenvalue weighted by atomic mass is 32.2. The summed E-state index contributed by atoms with van der Waals surface area (Å²) in [5.41, 5.74) is -0.200.